The lowest BCUT2D eigenvalue weighted by Gasteiger charge is -2.20. The van der Waals surface area contributed by atoms with Gasteiger partial charge < -0.3 is 9.47 Å². The van der Waals surface area contributed by atoms with E-state index in [1.54, 1.807) is 0 Å². The average molecular weight is 156 g/mol. The summed E-state index contributed by atoms with van der Waals surface area (Å²) in [7, 11) is 0. The molecule has 1 fully saturated rings. The Bertz CT molecular complexity index is 151. The molecule has 1 heterocycles. The van der Waals surface area contributed by atoms with E-state index in [1.165, 1.54) is 5.57 Å². The highest BCUT2D eigenvalue weighted by Gasteiger charge is 2.29. The molecule has 0 saturated carbocycles. The maximum Gasteiger partial charge on any atom is 0.169 e. The average Bonchev–Trinajstić information content (AvgIpc) is 2.33. The van der Waals surface area contributed by atoms with Crippen LogP contribution in [0.2, 0.25) is 0 Å². The zero-order valence-corrected chi connectivity index (χ0v) is 7.52. The molecule has 0 unspecified atom stereocenters. The summed E-state index contributed by atoms with van der Waals surface area (Å²) in [6.07, 6.45) is 3.00. The van der Waals surface area contributed by atoms with Gasteiger partial charge in [-0.1, -0.05) is 11.6 Å². The molecule has 2 heteroatoms. The summed E-state index contributed by atoms with van der Waals surface area (Å²) in [4.78, 5) is 0. The summed E-state index contributed by atoms with van der Waals surface area (Å²) >= 11 is 0. The van der Waals surface area contributed by atoms with Crippen molar-refractivity contribution in [2.24, 2.45) is 0 Å². The highest BCUT2D eigenvalue weighted by atomic mass is 16.7. The molecule has 0 bridgehead atoms. The summed E-state index contributed by atoms with van der Waals surface area (Å²) < 4.78 is 10.8. The lowest BCUT2D eigenvalue weighted by atomic mass is 10.2. The standard InChI is InChI=1S/C9H16O2/c1-8(2)4-5-9(3)10-6-7-11-9/h4H,5-7H2,1-3H3. The Morgan fingerprint density at radius 3 is 2.36 bits per heavy atom. The third-order valence-electron chi connectivity index (χ3n) is 1.78. The van der Waals surface area contributed by atoms with Crippen molar-refractivity contribution in [2.75, 3.05) is 13.2 Å². The highest BCUT2D eigenvalue weighted by Crippen LogP contribution is 2.23. The van der Waals surface area contributed by atoms with Crippen LogP contribution in [0, 0.1) is 0 Å². The summed E-state index contributed by atoms with van der Waals surface area (Å²) in [5.41, 5.74) is 1.31. The Hall–Kier alpha value is -0.340. The Labute approximate surface area is 68.2 Å². The molecule has 11 heavy (non-hydrogen) atoms. The minimum Gasteiger partial charge on any atom is -0.348 e. The molecular weight excluding hydrogens is 140 g/mol. The molecule has 0 atom stereocenters. The van der Waals surface area contributed by atoms with Crippen LogP contribution in [-0.4, -0.2) is 19.0 Å². The van der Waals surface area contributed by atoms with E-state index in [0.29, 0.717) is 0 Å². The minimum atomic E-state index is -0.350. The number of hydrogen-bond acceptors (Lipinski definition) is 2. The normalized spacial score (nSPS) is 21.7. The number of allylic oxidation sites excluding steroid dienone is 1. The first-order valence-corrected chi connectivity index (χ1v) is 4.04. The monoisotopic (exact) mass is 156 g/mol. The predicted molar refractivity (Wildman–Crippen MR) is 44.4 cm³/mol. The third kappa shape index (κ3) is 2.64. The van der Waals surface area contributed by atoms with E-state index in [2.05, 4.69) is 19.9 Å². The van der Waals surface area contributed by atoms with Crippen LogP contribution < -0.4 is 0 Å². The number of ether oxygens (including phenoxy) is 2. The van der Waals surface area contributed by atoms with E-state index in [9.17, 15) is 0 Å². The van der Waals surface area contributed by atoms with Gasteiger partial charge in [-0.05, 0) is 20.8 Å². The Kier molecular flexibility index (Phi) is 2.68. The second kappa shape index (κ2) is 3.37. The molecule has 0 aromatic rings. The van der Waals surface area contributed by atoms with Crippen molar-refractivity contribution in [1.82, 2.24) is 0 Å². The van der Waals surface area contributed by atoms with Gasteiger partial charge in [-0.2, -0.15) is 0 Å². The van der Waals surface area contributed by atoms with Crippen molar-refractivity contribution in [3.05, 3.63) is 11.6 Å². The van der Waals surface area contributed by atoms with Crippen molar-refractivity contribution in [2.45, 2.75) is 33.0 Å². The van der Waals surface area contributed by atoms with E-state index >= 15 is 0 Å². The molecular formula is C9H16O2. The first-order valence-electron chi connectivity index (χ1n) is 4.04. The van der Waals surface area contributed by atoms with E-state index < -0.39 is 0 Å². The van der Waals surface area contributed by atoms with Crippen molar-refractivity contribution in [1.29, 1.82) is 0 Å². The van der Waals surface area contributed by atoms with Crippen molar-refractivity contribution >= 4 is 0 Å². The van der Waals surface area contributed by atoms with Gasteiger partial charge in [0.05, 0.1) is 13.2 Å². The Balaban J connectivity index is 2.40. The van der Waals surface area contributed by atoms with Crippen LogP contribution in [0.25, 0.3) is 0 Å². The lowest BCUT2D eigenvalue weighted by Crippen LogP contribution is -2.24. The van der Waals surface area contributed by atoms with Crippen LogP contribution >= 0.6 is 0 Å². The molecule has 0 spiro atoms. The second-order valence-electron chi connectivity index (χ2n) is 3.32. The van der Waals surface area contributed by atoms with Gasteiger partial charge in [0.1, 0.15) is 0 Å². The zero-order chi connectivity index (χ0) is 8.32. The molecule has 1 aliphatic heterocycles. The van der Waals surface area contributed by atoms with Gasteiger partial charge in [0.15, 0.2) is 5.79 Å². The van der Waals surface area contributed by atoms with Gasteiger partial charge >= 0.3 is 0 Å². The molecule has 0 radical (unpaired) electrons. The first kappa shape index (κ1) is 8.75. The molecule has 0 aromatic heterocycles. The molecule has 1 saturated heterocycles. The van der Waals surface area contributed by atoms with E-state index in [0.717, 1.165) is 19.6 Å². The fourth-order valence-corrected chi connectivity index (χ4v) is 1.06. The van der Waals surface area contributed by atoms with E-state index in [-0.39, 0.29) is 5.79 Å². The number of hydrogen-bond donors (Lipinski definition) is 0. The zero-order valence-electron chi connectivity index (χ0n) is 7.52. The van der Waals surface area contributed by atoms with Crippen LogP contribution in [0.4, 0.5) is 0 Å². The van der Waals surface area contributed by atoms with Crippen molar-refractivity contribution in [3.8, 4) is 0 Å². The molecule has 0 amide bonds. The molecule has 0 aromatic carbocycles. The van der Waals surface area contributed by atoms with Gasteiger partial charge in [-0.15, -0.1) is 0 Å². The fourth-order valence-electron chi connectivity index (χ4n) is 1.06. The van der Waals surface area contributed by atoms with Crippen LogP contribution in [0.3, 0.4) is 0 Å². The summed E-state index contributed by atoms with van der Waals surface area (Å²) in [5.74, 6) is -0.350. The fraction of sp³-hybridized carbons (Fsp3) is 0.778. The summed E-state index contributed by atoms with van der Waals surface area (Å²) in [6.45, 7) is 7.61. The van der Waals surface area contributed by atoms with Gasteiger partial charge in [0.2, 0.25) is 0 Å². The van der Waals surface area contributed by atoms with Crippen LogP contribution in [-0.2, 0) is 9.47 Å². The van der Waals surface area contributed by atoms with Gasteiger partial charge in [-0.3, -0.25) is 0 Å². The quantitative estimate of drug-likeness (QED) is 0.570. The first-order chi connectivity index (χ1) is 5.12. The van der Waals surface area contributed by atoms with Crippen LogP contribution in [0.1, 0.15) is 27.2 Å². The van der Waals surface area contributed by atoms with Crippen LogP contribution in [0.15, 0.2) is 11.6 Å². The SMILES string of the molecule is CC(C)=CCC1(C)OCCO1. The second-order valence-corrected chi connectivity index (χ2v) is 3.32. The maximum atomic E-state index is 5.42. The van der Waals surface area contributed by atoms with E-state index in [4.69, 9.17) is 9.47 Å². The van der Waals surface area contributed by atoms with Crippen molar-refractivity contribution in [3.63, 3.8) is 0 Å². The molecule has 1 aliphatic rings. The minimum absolute atomic E-state index is 0.350. The highest BCUT2D eigenvalue weighted by molar-refractivity contribution is 4.96. The molecule has 2 nitrogen and oxygen atoms in total. The third-order valence-corrected chi connectivity index (χ3v) is 1.78. The largest absolute Gasteiger partial charge is 0.348 e. The summed E-state index contributed by atoms with van der Waals surface area (Å²) in [6, 6.07) is 0. The van der Waals surface area contributed by atoms with Crippen LogP contribution in [0.5, 0.6) is 0 Å². The smallest absolute Gasteiger partial charge is 0.169 e. The molecule has 1 rings (SSSR count). The Morgan fingerprint density at radius 2 is 1.91 bits per heavy atom. The molecule has 0 N–H and O–H groups in total. The topological polar surface area (TPSA) is 18.5 Å². The van der Waals surface area contributed by atoms with Gasteiger partial charge in [-0.25, -0.2) is 0 Å². The lowest BCUT2D eigenvalue weighted by molar-refractivity contribution is -0.138. The van der Waals surface area contributed by atoms with E-state index in [1.807, 2.05) is 6.92 Å². The number of rotatable bonds is 2. The predicted octanol–water partition coefficient (Wildman–Crippen LogP) is 2.11. The van der Waals surface area contributed by atoms with Crippen molar-refractivity contribution < 1.29 is 9.47 Å². The van der Waals surface area contributed by atoms with Gasteiger partial charge in [0.25, 0.3) is 0 Å². The summed E-state index contributed by atoms with van der Waals surface area (Å²) in [5, 5.41) is 0. The molecule has 64 valence electrons. The molecule has 0 aliphatic carbocycles. The maximum absolute atomic E-state index is 5.42. The Morgan fingerprint density at radius 1 is 1.36 bits per heavy atom. The van der Waals surface area contributed by atoms with Gasteiger partial charge in [0, 0.05) is 6.42 Å².